The second-order valence-electron chi connectivity index (χ2n) is 6.57. The summed E-state index contributed by atoms with van der Waals surface area (Å²) in [6, 6.07) is 8.99. The lowest BCUT2D eigenvalue weighted by Crippen LogP contribution is -2.17. The molecule has 4 rings (SSSR count). The van der Waals surface area contributed by atoms with Crippen LogP contribution in [0.5, 0.6) is 0 Å². The van der Waals surface area contributed by atoms with Gasteiger partial charge in [0.05, 0.1) is 11.4 Å². The summed E-state index contributed by atoms with van der Waals surface area (Å²) in [5.41, 5.74) is 1.57. The molecule has 0 bridgehead atoms. The van der Waals surface area contributed by atoms with Crippen LogP contribution in [0.2, 0.25) is 0 Å². The predicted octanol–water partition coefficient (Wildman–Crippen LogP) is 4.91. The number of benzene rings is 1. The summed E-state index contributed by atoms with van der Waals surface area (Å²) in [4.78, 5) is 13.1. The zero-order valence-corrected chi connectivity index (χ0v) is 14.6. The van der Waals surface area contributed by atoms with Crippen LogP contribution in [0.1, 0.15) is 25.7 Å². The van der Waals surface area contributed by atoms with E-state index < -0.39 is 11.6 Å². The lowest BCUT2D eigenvalue weighted by atomic mass is 10.2. The summed E-state index contributed by atoms with van der Waals surface area (Å²) in [6.45, 7) is 0. The van der Waals surface area contributed by atoms with Crippen LogP contribution in [-0.2, 0) is 0 Å². The number of anilines is 3. The third-order valence-electron chi connectivity index (χ3n) is 4.58. The Hall–Kier alpha value is -3.09. The van der Waals surface area contributed by atoms with E-state index in [1.807, 2.05) is 12.1 Å². The van der Waals surface area contributed by atoms with Gasteiger partial charge in [-0.15, -0.1) is 0 Å². The zero-order valence-electron chi connectivity index (χ0n) is 14.6. The van der Waals surface area contributed by atoms with E-state index in [1.54, 1.807) is 18.5 Å². The topological polar surface area (TPSA) is 62.7 Å². The van der Waals surface area contributed by atoms with Gasteiger partial charge >= 0.3 is 0 Å². The molecule has 7 heteroatoms. The molecule has 0 unspecified atom stereocenters. The first-order chi connectivity index (χ1) is 13.2. The predicted molar refractivity (Wildman–Crippen MR) is 101 cm³/mol. The van der Waals surface area contributed by atoms with Crippen LogP contribution >= 0.6 is 0 Å². The van der Waals surface area contributed by atoms with Crippen LogP contribution in [0.4, 0.5) is 26.2 Å². The largest absolute Gasteiger partial charge is 0.351 e. The van der Waals surface area contributed by atoms with Crippen LogP contribution in [-0.4, -0.2) is 21.0 Å². The van der Waals surface area contributed by atoms with E-state index in [1.165, 1.54) is 12.8 Å². The van der Waals surface area contributed by atoms with Crippen LogP contribution in [0.3, 0.4) is 0 Å². The van der Waals surface area contributed by atoms with Crippen LogP contribution < -0.4 is 10.6 Å². The van der Waals surface area contributed by atoms with E-state index in [0.717, 1.165) is 36.6 Å². The third-order valence-corrected chi connectivity index (χ3v) is 4.58. The summed E-state index contributed by atoms with van der Waals surface area (Å²) < 4.78 is 27.5. The van der Waals surface area contributed by atoms with E-state index in [9.17, 15) is 8.78 Å². The third kappa shape index (κ3) is 4.19. The first-order valence-corrected chi connectivity index (χ1v) is 8.95. The summed E-state index contributed by atoms with van der Waals surface area (Å²) in [5, 5.41) is 6.22. The van der Waals surface area contributed by atoms with Crippen molar-refractivity contribution >= 4 is 17.5 Å². The Kier molecular flexibility index (Phi) is 4.91. The molecule has 0 radical (unpaired) electrons. The molecule has 0 spiro atoms. The van der Waals surface area contributed by atoms with Crippen LogP contribution in [0, 0.1) is 11.6 Å². The lowest BCUT2D eigenvalue weighted by molar-refractivity contribution is 0.603. The van der Waals surface area contributed by atoms with Crippen molar-refractivity contribution in [1.82, 2.24) is 15.0 Å². The van der Waals surface area contributed by atoms with Gasteiger partial charge in [0, 0.05) is 36.1 Å². The molecule has 1 aliphatic rings. The molecular weight excluding hydrogens is 348 g/mol. The van der Waals surface area contributed by atoms with Crippen molar-refractivity contribution in [2.75, 3.05) is 10.6 Å². The van der Waals surface area contributed by atoms with Crippen molar-refractivity contribution in [1.29, 1.82) is 0 Å². The molecular formula is C20H19F2N5. The molecule has 138 valence electrons. The Bertz CT molecular complexity index is 927. The molecule has 1 saturated carbocycles. The molecule has 5 nitrogen and oxygen atoms in total. The molecule has 1 aliphatic carbocycles. The average molecular weight is 367 g/mol. The Morgan fingerprint density at radius 3 is 2.48 bits per heavy atom. The van der Waals surface area contributed by atoms with E-state index in [0.29, 0.717) is 23.5 Å². The quantitative estimate of drug-likeness (QED) is 0.670. The average Bonchev–Trinajstić information content (AvgIpc) is 3.18. The lowest BCUT2D eigenvalue weighted by Gasteiger charge is -2.15. The van der Waals surface area contributed by atoms with Crippen LogP contribution in [0.25, 0.3) is 11.3 Å². The summed E-state index contributed by atoms with van der Waals surface area (Å²) in [7, 11) is 0. The van der Waals surface area contributed by atoms with Gasteiger partial charge in [-0.3, -0.25) is 4.98 Å². The van der Waals surface area contributed by atoms with Crippen LogP contribution in [0.15, 0.2) is 48.8 Å². The van der Waals surface area contributed by atoms with Gasteiger partial charge in [-0.1, -0.05) is 12.8 Å². The first kappa shape index (κ1) is 17.3. The maximum absolute atomic E-state index is 14.0. The van der Waals surface area contributed by atoms with Gasteiger partial charge in [0.25, 0.3) is 0 Å². The Morgan fingerprint density at radius 2 is 1.70 bits per heavy atom. The molecule has 1 fully saturated rings. The normalized spacial score (nSPS) is 14.3. The molecule has 1 aromatic carbocycles. The summed E-state index contributed by atoms with van der Waals surface area (Å²) in [6.07, 6.45) is 7.87. The van der Waals surface area contributed by atoms with Crippen molar-refractivity contribution < 1.29 is 8.78 Å². The second kappa shape index (κ2) is 7.65. The Labute approximate surface area is 155 Å². The number of nitrogens with one attached hydrogen (secondary N) is 2. The van der Waals surface area contributed by atoms with E-state index in [2.05, 4.69) is 25.6 Å². The van der Waals surface area contributed by atoms with E-state index in [4.69, 9.17) is 0 Å². The molecule has 27 heavy (non-hydrogen) atoms. The minimum absolute atomic E-state index is 0.0289. The first-order valence-electron chi connectivity index (χ1n) is 8.95. The molecule has 3 aromatic rings. The number of halogens is 2. The highest BCUT2D eigenvalue weighted by atomic mass is 19.1. The fraction of sp³-hybridized carbons (Fsp3) is 0.250. The molecule has 2 N–H and O–H groups in total. The maximum Gasteiger partial charge on any atom is 0.225 e. The number of rotatable bonds is 5. The van der Waals surface area contributed by atoms with Gasteiger partial charge in [0.2, 0.25) is 5.95 Å². The second-order valence-corrected chi connectivity index (χ2v) is 6.57. The molecule has 0 aliphatic heterocycles. The molecule has 0 saturated heterocycles. The highest BCUT2D eigenvalue weighted by Crippen LogP contribution is 2.27. The number of hydrogen-bond donors (Lipinski definition) is 2. The summed E-state index contributed by atoms with van der Waals surface area (Å²) >= 11 is 0. The minimum atomic E-state index is -0.550. The van der Waals surface area contributed by atoms with Crippen molar-refractivity contribution in [3.8, 4) is 11.3 Å². The minimum Gasteiger partial charge on any atom is -0.351 e. The number of aromatic nitrogens is 3. The Morgan fingerprint density at radius 1 is 0.926 bits per heavy atom. The number of pyridine rings is 1. The fourth-order valence-electron chi connectivity index (χ4n) is 3.23. The van der Waals surface area contributed by atoms with Gasteiger partial charge in [0.15, 0.2) is 0 Å². The highest BCUT2D eigenvalue weighted by Gasteiger charge is 2.17. The van der Waals surface area contributed by atoms with Gasteiger partial charge in [-0.2, -0.15) is 4.98 Å². The van der Waals surface area contributed by atoms with Crippen molar-refractivity contribution in [3.05, 3.63) is 60.4 Å². The SMILES string of the molecule is Fc1ccc(F)c(Nc2cc(-c3ccncc3)nc(NC3CCCC3)n2)c1. The monoisotopic (exact) mass is 367 g/mol. The Balaban J connectivity index is 1.69. The fourth-order valence-corrected chi connectivity index (χ4v) is 3.23. The standard InChI is InChI=1S/C20H19F2N5/c21-14-5-6-16(22)18(11-14)25-19-12-17(13-7-9-23-10-8-13)26-20(27-19)24-15-3-1-2-4-15/h5-12,15H,1-4H2,(H2,24,25,26,27). The molecule has 2 heterocycles. The van der Waals surface area contributed by atoms with Crippen molar-refractivity contribution in [2.24, 2.45) is 0 Å². The molecule has 0 atom stereocenters. The highest BCUT2D eigenvalue weighted by molar-refractivity contribution is 5.67. The molecule has 2 aromatic heterocycles. The number of nitrogens with zero attached hydrogens (tertiary/aromatic N) is 3. The van der Waals surface area contributed by atoms with Gasteiger partial charge in [-0.25, -0.2) is 13.8 Å². The maximum atomic E-state index is 14.0. The molecule has 0 amide bonds. The zero-order chi connectivity index (χ0) is 18.6. The van der Waals surface area contributed by atoms with Gasteiger partial charge in [0.1, 0.15) is 17.5 Å². The van der Waals surface area contributed by atoms with Gasteiger partial charge < -0.3 is 10.6 Å². The van der Waals surface area contributed by atoms with Crippen molar-refractivity contribution in [3.63, 3.8) is 0 Å². The summed E-state index contributed by atoms with van der Waals surface area (Å²) in [5.74, 6) is -0.213. The smallest absolute Gasteiger partial charge is 0.225 e. The van der Waals surface area contributed by atoms with E-state index in [-0.39, 0.29) is 5.69 Å². The van der Waals surface area contributed by atoms with E-state index >= 15 is 0 Å². The number of hydrogen-bond acceptors (Lipinski definition) is 5. The van der Waals surface area contributed by atoms with Crippen molar-refractivity contribution in [2.45, 2.75) is 31.7 Å². The van der Waals surface area contributed by atoms with Gasteiger partial charge in [-0.05, 0) is 37.1 Å².